The fraction of sp³-hybridized carbons (Fsp3) is 0.150. The molecule has 0 aliphatic carbocycles. The second kappa shape index (κ2) is 13.0. The quantitative estimate of drug-likeness (QED) is 0.166. The molecular formula is C40H34F2N2O2S. The maximum absolute atomic E-state index is 15.4. The lowest BCUT2D eigenvalue weighted by atomic mass is 9.96. The molecule has 0 aliphatic heterocycles. The van der Waals surface area contributed by atoms with E-state index < -0.39 is 33.0 Å². The van der Waals surface area contributed by atoms with E-state index in [2.05, 4.69) is 46.4 Å². The van der Waals surface area contributed by atoms with E-state index in [1.807, 2.05) is 52.0 Å². The fourth-order valence-electron chi connectivity index (χ4n) is 6.15. The predicted octanol–water partition coefficient (Wildman–Crippen LogP) is 9.77. The third-order valence-corrected chi connectivity index (χ3v) is 9.59. The van der Waals surface area contributed by atoms with Gasteiger partial charge >= 0.3 is 0 Å². The summed E-state index contributed by atoms with van der Waals surface area (Å²) >= 11 is 0. The summed E-state index contributed by atoms with van der Waals surface area (Å²) in [6.45, 7) is 8.08. The van der Waals surface area contributed by atoms with Gasteiger partial charge < -0.3 is 0 Å². The second-order valence-electron chi connectivity index (χ2n) is 12.2. The summed E-state index contributed by atoms with van der Waals surface area (Å²) in [6, 6.07) is 28.8. The zero-order valence-corrected chi connectivity index (χ0v) is 27.5. The largest absolute Gasteiger partial charge is 0.256 e. The summed E-state index contributed by atoms with van der Waals surface area (Å²) in [7, 11) is -3.92. The minimum Gasteiger partial charge on any atom is -0.256 e. The van der Waals surface area contributed by atoms with Gasteiger partial charge in [-0.1, -0.05) is 95.1 Å². The molecule has 4 nitrogen and oxygen atoms in total. The van der Waals surface area contributed by atoms with Gasteiger partial charge in [0, 0.05) is 45.8 Å². The zero-order chi connectivity index (χ0) is 33.3. The van der Waals surface area contributed by atoms with Crippen LogP contribution in [0.2, 0.25) is 0 Å². The van der Waals surface area contributed by atoms with Gasteiger partial charge in [0.15, 0.2) is 9.84 Å². The van der Waals surface area contributed by atoms with Gasteiger partial charge in [-0.05, 0) is 63.1 Å². The van der Waals surface area contributed by atoms with Crippen LogP contribution in [-0.4, -0.2) is 18.4 Å². The summed E-state index contributed by atoms with van der Waals surface area (Å²) in [5.41, 5.74) is 10.4. The van der Waals surface area contributed by atoms with E-state index in [0.717, 1.165) is 44.5 Å². The molecule has 2 aromatic heterocycles. The van der Waals surface area contributed by atoms with Crippen LogP contribution < -0.4 is 0 Å². The lowest BCUT2D eigenvalue weighted by Crippen LogP contribution is -2.10. The van der Waals surface area contributed by atoms with Crippen molar-refractivity contribution in [2.24, 2.45) is 0 Å². The van der Waals surface area contributed by atoms with Crippen LogP contribution in [0.25, 0.3) is 44.8 Å². The molecule has 4 aromatic carbocycles. The molecule has 0 fully saturated rings. The summed E-state index contributed by atoms with van der Waals surface area (Å²) in [5, 5.41) is 0. The number of nitrogens with zero attached hydrogens (tertiary/aromatic N) is 2. The predicted molar refractivity (Wildman–Crippen MR) is 185 cm³/mol. The molecule has 0 N–H and O–H groups in total. The van der Waals surface area contributed by atoms with Gasteiger partial charge in [-0.3, -0.25) is 9.97 Å². The molecule has 0 saturated carbocycles. The van der Waals surface area contributed by atoms with Crippen molar-refractivity contribution in [2.75, 3.05) is 0 Å². The Morgan fingerprint density at radius 3 is 1.26 bits per heavy atom. The number of pyridine rings is 2. The van der Waals surface area contributed by atoms with Crippen molar-refractivity contribution in [1.29, 1.82) is 0 Å². The van der Waals surface area contributed by atoms with Crippen molar-refractivity contribution >= 4 is 9.84 Å². The number of hydrogen-bond donors (Lipinski definition) is 0. The van der Waals surface area contributed by atoms with E-state index in [9.17, 15) is 8.42 Å². The fourth-order valence-corrected chi connectivity index (χ4v) is 7.66. The molecule has 47 heavy (non-hydrogen) atoms. The smallest absolute Gasteiger partial charge is 0.158 e. The Kier molecular flexibility index (Phi) is 8.84. The molecule has 0 bridgehead atoms. The molecular weight excluding hydrogens is 611 g/mol. The lowest BCUT2D eigenvalue weighted by Gasteiger charge is -2.13. The summed E-state index contributed by atoms with van der Waals surface area (Å²) in [5.74, 6) is -2.45. The highest BCUT2D eigenvalue weighted by atomic mass is 32.2. The maximum atomic E-state index is 15.4. The Balaban J connectivity index is 1.23. The maximum Gasteiger partial charge on any atom is 0.158 e. The Labute approximate surface area is 274 Å². The number of benzene rings is 4. The van der Waals surface area contributed by atoms with Crippen molar-refractivity contribution < 1.29 is 17.2 Å². The standard InChI is InChI=1S/C40H34F2N2O2S/c1-25-15-26(2)18-33(17-25)35-7-5-13-43-39(35)29-9-11-31(37(41)21-29)23-47(45,46)24-32-12-10-30(22-38(32)42)40-36(8-6-14-44-40)34-19-27(3)16-28(4)20-34/h5-22H,23-24H2,1-4H3. The molecule has 0 unspecified atom stereocenters. The SMILES string of the molecule is Cc1cc(C)cc(-c2cccnc2-c2ccc(CS(=O)(=O)Cc3ccc(-c4ncccc4-c4cc(C)cc(C)c4)cc3F)c(F)c2)c1. The molecule has 236 valence electrons. The molecule has 0 radical (unpaired) electrons. The number of aryl methyl sites for hydroxylation is 4. The third-order valence-electron chi connectivity index (χ3n) is 8.08. The van der Waals surface area contributed by atoms with Crippen LogP contribution in [0.5, 0.6) is 0 Å². The van der Waals surface area contributed by atoms with Crippen molar-refractivity contribution in [3.8, 4) is 44.8 Å². The first-order valence-corrected chi connectivity index (χ1v) is 17.1. The van der Waals surface area contributed by atoms with Crippen LogP contribution in [0.3, 0.4) is 0 Å². The van der Waals surface area contributed by atoms with Gasteiger partial charge in [0.25, 0.3) is 0 Å². The summed E-state index contributed by atoms with van der Waals surface area (Å²) in [6.07, 6.45) is 3.30. The molecule has 6 aromatic rings. The van der Waals surface area contributed by atoms with E-state index in [0.29, 0.717) is 22.5 Å². The molecule has 0 spiro atoms. The molecule has 0 saturated heterocycles. The first-order chi connectivity index (χ1) is 22.5. The molecule has 0 atom stereocenters. The van der Waals surface area contributed by atoms with Crippen LogP contribution in [0.1, 0.15) is 33.4 Å². The average molecular weight is 645 g/mol. The Morgan fingerprint density at radius 2 is 0.894 bits per heavy atom. The van der Waals surface area contributed by atoms with Crippen molar-refractivity contribution in [1.82, 2.24) is 9.97 Å². The van der Waals surface area contributed by atoms with Gasteiger partial charge in [-0.2, -0.15) is 0 Å². The van der Waals surface area contributed by atoms with E-state index in [1.54, 1.807) is 24.5 Å². The monoisotopic (exact) mass is 644 g/mol. The number of rotatable bonds is 8. The van der Waals surface area contributed by atoms with Gasteiger partial charge in [0.05, 0.1) is 22.9 Å². The van der Waals surface area contributed by atoms with Crippen molar-refractivity contribution in [3.05, 3.63) is 154 Å². The van der Waals surface area contributed by atoms with Gasteiger partial charge in [0.1, 0.15) is 11.6 Å². The number of aromatic nitrogens is 2. The van der Waals surface area contributed by atoms with Crippen molar-refractivity contribution in [2.45, 2.75) is 39.2 Å². The molecule has 7 heteroatoms. The third kappa shape index (κ3) is 7.21. The van der Waals surface area contributed by atoms with E-state index in [1.165, 1.54) is 24.3 Å². The number of hydrogen-bond acceptors (Lipinski definition) is 4. The van der Waals surface area contributed by atoms with E-state index in [4.69, 9.17) is 0 Å². The molecule has 6 rings (SSSR count). The normalized spacial score (nSPS) is 11.5. The van der Waals surface area contributed by atoms with Crippen LogP contribution in [0.4, 0.5) is 8.78 Å². The van der Waals surface area contributed by atoms with Gasteiger partial charge in [-0.25, -0.2) is 17.2 Å². The highest BCUT2D eigenvalue weighted by molar-refractivity contribution is 7.89. The highest BCUT2D eigenvalue weighted by Crippen LogP contribution is 2.34. The van der Waals surface area contributed by atoms with Crippen molar-refractivity contribution in [3.63, 3.8) is 0 Å². The van der Waals surface area contributed by atoms with Gasteiger partial charge in [0.2, 0.25) is 0 Å². The average Bonchev–Trinajstić information content (AvgIpc) is 3.02. The van der Waals surface area contributed by atoms with Crippen LogP contribution >= 0.6 is 0 Å². The summed E-state index contributed by atoms with van der Waals surface area (Å²) < 4.78 is 57.3. The topological polar surface area (TPSA) is 59.9 Å². The number of sulfone groups is 1. The Hall–Kier alpha value is -5.01. The lowest BCUT2D eigenvalue weighted by molar-refractivity contribution is 0.581. The first kappa shape index (κ1) is 32.0. The minimum absolute atomic E-state index is 0.0150. The van der Waals surface area contributed by atoms with Crippen LogP contribution in [-0.2, 0) is 21.3 Å². The second-order valence-corrected chi connectivity index (χ2v) is 14.3. The van der Waals surface area contributed by atoms with Gasteiger partial charge in [-0.15, -0.1) is 0 Å². The molecule has 0 amide bonds. The van der Waals surface area contributed by atoms with Crippen LogP contribution in [0.15, 0.2) is 109 Å². The zero-order valence-electron chi connectivity index (χ0n) is 26.7. The summed E-state index contributed by atoms with van der Waals surface area (Å²) in [4.78, 5) is 9.05. The molecule has 2 heterocycles. The van der Waals surface area contributed by atoms with Crippen LogP contribution in [0, 0.1) is 39.3 Å². The van der Waals surface area contributed by atoms with E-state index >= 15 is 8.78 Å². The first-order valence-electron chi connectivity index (χ1n) is 15.3. The highest BCUT2D eigenvalue weighted by Gasteiger charge is 2.20. The molecule has 0 aliphatic rings. The minimum atomic E-state index is -3.92. The Morgan fingerprint density at radius 1 is 0.511 bits per heavy atom. The van der Waals surface area contributed by atoms with E-state index in [-0.39, 0.29) is 11.1 Å². The Bertz CT molecular complexity index is 2050. The number of halogens is 2.